The van der Waals surface area contributed by atoms with E-state index in [1.54, 1.807) is 0 Å². The van der Waals surface area contributed by atoms with Gasteiger partial charge in [-0.15, -0.1) is 0 Å². The van der Waals surface area contributed by atoms with Gasteiger partial charge in [0.05, 0.1) is 17.0 Å². The number of carbonyl (C=O) groups is 1. The Morgan fingerprint density at radius 2 is 1.59 bits per heavy atom. The van der Waals surface area contributed by atoms with Crippen molar-refractivity contribution < 1.29 is 23.2 Å². The molecule has 1 saturated carbocycles. The average molecular weight is 651 g/mol. The zero-order valence-corrected chi connectivity index (χ0v) is 30.7. The molecular weight excluding hydrogens is 594 g/mol. The molecule has 0 amide bonds. The molecule has 6 nitrogen and oxygen atoms in total. The smallest absolute Gasteiger partial charge is 0.303 e. The van der Waals surface area contributed by atoms with Crippen molar-refractivity contribution in [1.29, 1.82) is 0 Å². The van der Waals surface area contributed by atoms with Crippen LogP contribution >= 0.6 is 0 Å². The lowest BCUT2D eigenvalue weighted by atomic mass is 9.68. The maximum Gasteiger partial charge on any atom is 0.303 e. The molecule has 4 atom stereocenters. The van der Waals surface area contributed by atoms with Gasteiger partial charge in [0.1, 0.15) is 35.7 Å². The molecule has 1 spiro atoms. The lowest BCUT2D eigenvalue weighted by molar-refractivity contribution is -0.156. The third-order valence-electron chi connectivity index (χ3n) is 10.9. The molecule has 2 aromatic rings. The van der Waals surface area contributed by atoms with Crippen molar-refractivity contribution in [3.05, 3.63) is 63.5 Å². The lowest BCUT2D eigenvalue weighted by Gasteiger charge is -2.43. The molecule has 0 radical (unpaired) electrons. The Morgan fingerprint density at radius 3 is 2.15 bits per heavy atom. The maximum absolute atomic E-state index is 12.7. The maximum atomic E-state index is 12.7. The molecular formula is C39H56NO5S+. The van der Waals surface area contributed by atoms with E-state index in [4.69, 9.17) is 23.4 Å². The van der Waals surface area contributed by atoms with E-state index in [2.05, 4.69) is 85.9 Å². The number of pyridine rings is 1. The second-order valence-corrected chi connectivity index (χ2v) is 19.2. The minimum Gasteiger partial charge on any atom is -0.455 e. The van der Waals surface area contributed by atoms with Crippen LogP contribution < -0.4 is 0 Å². The fourth-order valence-electron chi connectivity index (χ4n) is 8.10. The van der Waals surface area contributed by atoms with Gasteiger partial charge in [0.25, 0.3) is 0 Å². The van der Waals surface area contributed by atoms with Crippen LogP contribution in [0, 0.1) is 5.41 Å². The number of hydrogen-bond acceptors (Lipinski definition) is 6. The van der Waals surface area contributed by atoms with Crippen molar-refractivity contribution in [2.75, 3.05) is 19.5 Å². The third kappa shape index (κ3) is 6.19. The predicted octanol–water partition coefficient (Wildman–Crippen LogP) is 9.22. The van der Waals surface area contributed by atoms with Gasteiger partial charge in [0.2, 0.25) is 0 Å². The Morgan fingerprint density at radius 1 is 0.957 bits per heavy atom. The molecule has 3 heterocycles. The van der Waals surface area contributed by atoms with Crippen molar-refractivity contribution in [2.24, 2.45) is 5.41 Å². The third-order valence-corrected chi connectivity index (χ3v) is 13.1. The Labute approximate surface area is 280 Å². The molecule has 7 heteroatoms. The van der Waals surface area contributed by atoms with Crippen LogP contribution in [0.25, 0.3) is 0 Å². The van der Waals surface area contributed by atoms with Gasteiger partial charge in [-0.25, -0.2) is 0 Å². The number of benzene rings is 1. The van der Waals surface area contributed by atoms with E-state index >= 15 is 0 Å². The summed E-state index contributed by atoms with van der Waals surface area (Å²) in [6, 6.07) is 9.10. The lowest BCUT2D eigenvalue weighted by Crippen LogP contribution is -2.40. The summed E-state index contributed by atoms with van der Waals surface area (Å²) < 4.78 is 26.7. The highest BCUT2D eigenvalue weighted by Crippen LogP contribution is 2.62. The summed E-state index contributed by atoms with van der Waals surface area (Å²) in [7, 11) is 0. The molecule has 252 valence electrons. The number of rotatable bonds is 5. The van der Waals surface area contributed by atoms with Gasteiger partial charge in [-0.3, -0.25) is 9.78 Å². The van der Waals surface area contributed by atoms with Crippen LogP contribution in [0.2, 0.25) is 0 Å². The summed E-state index contributed by atoms with van der Waals surface area (Å²) >= 11 is -0.315. The molecule has 1 unspecified atom stereocenters. The van der Waals surface area contributed by atoms with Crippen molar-refractivity contribution in [2.45, 2.75) is 147 Å². The largest absolute Gasteiger partial charge is 0.455 e. The first-order chi connectivity index (χ1) is 21.5. The molecule has 1 aromatic heterocycles. The zero-order valence-electron chi connectivity index (χ0n) is 29.9. The van der Waals surface area contributed by atoms with Crippen molar-refractivity contribution in [1.82, 2.24) is 4.98 Å². The molecule has 46 heavy (non-hydrogen) atoms. The summed E-state index contributed by atoms with van der Waals surface area (Å²) in [5.74, 6) is -0.0195. The van der Waals surface area contributed by atoms with Crippen LogP contribution in [0.15, 0.2) is 24.3 Å². The van der Waals surface area contributed by atoms with Crippen LogP contribution in [0.3, 0.4) is 0 Å². The predicted molar refractivity (Wildman–Crippen MR) is 185 cm³/mol. The number of esters is 1. The number of carbonyl (C=O) groups excluding carboxylic acids is 1. The van der Waals surface area contributed by atoms with E-state index < -0.39 is 11.7 Å². The molecule has 2 aliphatic heterocycles. The van der Waals surface area contributed by atoms with Gasteiger partial charge in [0, 0.05) is 42.6 Å². The van der Waals surface area contributed by atoms with E-state index in [1.807, 2.05) is 0 Å². The van der Waals surface area contributed by atoms with Gasteiger partial charge in [-0.05, 0) is 75.0 Å². The highest BCUT2D eigenvalue weighted by molar-refractivity contribution is 7.93. The summed E-state index contributed by atoms with van der Waals surface area (Å²) in [6.45, 7) is 20.9. The first kappa shape index (κ1) is 34.0. The summed E-state index contributed by atoms with van der Waals surface area (Å²) in [6.07, 6.45) is 8.19. The highest BCUT2D eigenvalue weighted by Gasteiger charge is 2.57. The second-order valence-electron chi connectivity index (χ2n) is 16.9. The van der Waals surface area contributed by atoms with E-state index in [1.165, 1.54) is 29.2 Å². The van der Waals surface area contributed by atoms with Gasteiger partial charge >= 0.3 is 5.97 Å². The number of ether oxygens (including phenoxy) is 3. The Bertz CT molecular complexity index is 1440. The van der Waals surface area contributed by atoms with E-state index in [0.717, 1.165) is 75.1 Å². The Hall–Kier alpha value is -1.93. The van der Waals surface area contributed by atoms with Gasteiger partial charge in [-0.2, -0.15) is 4.18 Å². The van der Waals surface area contributed by atoms with Crippen LogP contribution in [0.4, 0.5) is 0 Å². The Balaban J connectivity index is 1.64. The van der Waals surface area contributed by atoms with Crippen LogP contribution in [0.1, 0.15) is 171 Å². The molecule has 2 aliphatic carbocycles. The standard InChI is InChI=1S/C39H56NO5S/c1-24(41)43-35-33-29(28(23-38(35,8)9)45-46(10)37(5,6)7)31-30(32(40-33)25-17-21-42-22-18-25)34(44-39(31)19-11-12-20-39)26-13-15-27(16-14-26)36(2,3)4/h13-16,25,28,34-35H,11-12,17-23H2,1-10H3/q+1/t28-,34+,35-,46?/m0/s1. The monoisotopic (exact) mass is 650 g/mol. The first-order valence-corrected chi connectivity index (χ1v) is 19.0. The minimum atomic E-state index is -0.458. The summed E-state index contributed by atoms with van der Waals surface area (Å²) in [5.41, 5.74) is 7.49. The number of nitrogens with zero attached hydrogens (tertiary/aromatic N) is 1. The van der Waals surface area contributed by atoms with Gasteiger partial charge in [-0.1, -0.05) is 71.7 Å². The van der Waals surface area contributed by atoms with Gasteiger partial charge < -0.3 is 14.2 Å². The van der Waals surface area contributed by atoms with E-state index in [-0.39, 0.29) is 50.8 Å². The zero-order chi connectivity index (χ0) is 33.2. The van der Waals surface area contributed by atoms with Crippen LogP contribution in [0.5, 0.6) is 0 Å². The topological polar surface area (TPSA) is 66.9 Å². The highest BCUT2D eigenvalue weighted by atomic mass is 32.2. The molecule has 0 bridgehead atoms. The minimum absolute atomic E-state index is 0.00540. The first-order valence-electron chi connectivity index (χ1n) is 17.5. The van der Waals surface area contributed by atoms with Crippen LogP contribution in [-0.2, 0) is 45.4 Å². The fraction of sp³-hybridized carbons (Fsp3) is 0.692. The molecule has 0 N–H and O–H groups in total. The van der Waals surface area contributed by atoms with Crippen molar-refractivity contribution in [3.63, 3.8) is 0 Å². The average Bonchev–Trinajstić information content (AvgIpc) is 3.59. The Kier molecular flexibility index (Phi) is 9.00. The van der Waals surface area contributed by atoms with Gasteiger partial charge in [0.15, 0.2) is 4.75 Å². The second kappa shape index (κ2) is 12.2. The quantitative estimate of drug-likeness (QED) is 0.237. The van der Waals surface area contributed by atoms with Crippen LogP contribution in [-0.4, -0.2) is 35.2 Å². The van der Waals surface area contributed by atoms with E-state index in [9.17, 15) is 4.79 Å². The number of aromatic nitrogens is 1. The summed E-state index contributed by atoms with van der Waals surface area (Å²) in [5, 5.41) is 0. The summed E-state index contributed by atoms with van der Waals surface area (Å²) in [4.78, 5) is 18.3. The SMILES string of the molecule is CC(=O)O[C@H]1c2nc(C3CCOCC3)c3c(c2[C@@H](O[S+](C)C(C)(C)C)CC1(C)C)C1(CCCC1)O[C@@H]3c1ccc(C(C)(C)C)cc1. The molecule has 1 aromatic carbocycles. The number of hydrogen-bond donors (Lipinski definition) is 0. The molecule has 2 fully saturated rings. The van der Waals surface area contributed by atoms with E-state index in [0.29, 0.717) is 0 Å². The van der Waals surface area contributed by atoms with Crippen molar-refractivity contribution >= 4 is 17.1 Å². The normalized spacial score (nSPS) is 26.5. The van der Waals surface area contributed by atoms with Crippen molar-refractivity contribution in [3.8, 4) is 0 Å². The number of fused-ring (bicyclic) bond motifs is 4. The molecule has 6 rings (SSSR count). The molecule has 1 saturated heterocycles. The molecule has 4 aliphatic rings. The fourth-order valence-corrected chi connectivity index (χ4v) is 8.91.